The van der Waals surface area contributed by atoms with Gasteiger partial charge in [-0.05, 0) is 27.0 Å². The smallest absolute Gasteiger partial charge is 0.360 e. The number of thioether (sulfide) groups is 1. The molecule has 1 aromatic rings. The Morgan fingerprint density at radius 1 is 1.65 bits per heavy atom. The molecule has 0 spiro atoms. The SMILES string of the molecule is CCOC(=O)c1nc(C)n(C(C)CSC)c1N. The van der Waals surface area contributed by atoms with Crippen molar-refractivity contribution in [3.05, 3.63) is 11.5 Å². The van der Waals surface area contributed by atoms with Crippen LogP contribution in [0.4, 0.5) is 5.82 Å². The lowest BCUT2D eigenvalue weighted by atomic mass is 10.3. The minimum Gasteiger partial charge on any atom is -0.461 e. The Hall–Kier alpha value is -1.17. The van der Waals surface area contributed by atoms with Crippen LogP contribution in [0.5, 0.6) is 0 Å². The molecule has 0 saturated heterocycles. The number of esters is 1. The summed E-state index contributed by atoms with van der Waals surface area (Å²) in [7, 11) is 0. The lowest BCUT2D eigenvalue weighted by molar-refractivity contribution is 0.0521. The zero-order valence-corrected chi connectivity index (χ0v) is 11.5. The van der Waals surface area contributed by atoms with E-state index in [0.29, 0.717) is 12.4 Å². The molecular weight excluding hydrogens is 238 g/mol. The molecule has 0 fully saturated rings. The van der Waals surface area contributed by atoms with E-state index in [1.807, 2.05) is 17.7 Å². The number of hydrogen-bond acceptors (Lipinski definition) is 5. The largest absolute Gasteiger partial charge is 0.461 e. The Morgan fingerprint density at radius 2 is 2.29 bits per heavy atom. The summed E-state index contributed by atoms with van der Waals surface area (Å²) in [5.74, 6) is 1.60. The minimum absolute atomic E-state index is 0.209. The summed E-state index contributed by atoms with van der Waals surface area (Å²) in [4.78, 5) is 15.8. The fourth-order valence-electron chi connectivity index (χ4n) is 1.78. The van der Waals surface area contributed by atoms with Gasteiger partial charge in [-0.2, -0.15) is 11.8 Å². The molecule has 0 aliphatic heterocycles. The third-order valence-corrected chi connectivity index (χ3v) is 3.26. The standard InChI is InChI=1S/C11H19N3O2S/c1-5-16-11(15)9-10(12)14(8(3)13-9)7(2)6-17-4/h7H,5-6,12H2,1-4H3. The molecule has 0 amide bonds. The number of aromatic nitrogens is 2. The molecule has 2 N–H and O–H groups in total. The Morgan fingerprint density at radius 3 is 2.82 bits per heavy atom. The molecule has 1 atom stereocenters. The highest BCUT2D eigenvalue weighted by atomic mass is 32.2. The van der Waals surface area contributed by atoms with E-state index in [2.05, 4.69) is 11.9 Å². The Bertz CT molecular complexity index is 404. The number of carbonyl (C=O) groups excluding carboxylic acids is 1. The fourth-order valence-corrected chi connectivity index (χ4v) is 2.41. The van der Waals surface area contributed by atoms with Crippen LogP contribution in [0.1, 0.15) is 36.2 Å². The first-order chi connectivity index (χ1) is 8.02. The topological polar surface area (TPSA) is 70.1 Å². The molecule has 0 aromatic carbocycles. The van der Waals surface area contributed by atoms with Gasteiger partial charge in [0.25, 0.3) is 0 Å². The van der Waals surface area contributed by atoms with Crippen LogP contribution in [0.25, 0.3) is 0 Å². The minimum atomic E-state index is -0.455. The molecule has 1 rings (SSSR count). The van der Waals surface area contributed by atoms with Crippen molar-refractivity contribution in [2.45, 2.75) is 26.8 Å². The third kappa shape index (κ3) is 2.94. The number of imidazole rings is 1. The first kappa shape index (κ1) is 13.9. The lowest BCUT2D eigenvalue weighted by Crippen LogP contribution is -2.14. The van der Waals surface area contributed by atoms with Crippen molar-refractivity contribution in [1.29, 1.82) is 0 Å². The number of nitrogens with zero attached hydrogens (tertiary/aromatic N) is 2. The average molecular weight is 257 g/mol. The van der Waals surface area contributed by atoms with Crippen molar-refractivity contribution in [3.63, 3.8) is 0 Å². The van der Waals surface area contributed by atoms with E-state index in [0.717, 1.165) is 11.6 Å². The number of aryl methyl sites for hydroxylation is 1. The molecule has 1 heterocycles. The van der Waals surface area contributed by atoms with Gasteiger partial charge in [-0.25, -0.2) is 9.78 Å². The molecule has 0 aliphatic carbocycles. The van der Waals surface area contributed by atoms with Gasteiger partial charge in [0.2, 0.25) is 0 Å². The molecule has 5 nitrogen and oxygen atoms in total. The van der Waals surface area contributed by atoms with Gasteiger partial charge in [-0.1, -0.05) is 0 Å². The van der Waals surface area contributed by atoms with E-state index >= 15 is 0 Å². The first-order valence-corrected chi connectivity index (χ1v) is 6.92. The first-order valence-electron chi connectivity index (χ1n) is 5.53. The zero-order chi connectivity index (χ0) is 13.0. The lowest BCUT2D eigenvalue weighted by Gasteiger charge is -2.15. The van der Waals surface area contributed by atoms with E-state index in [-0.39, 0.29) is 11.7 Å². The van der Waals surface area contributed by atoms with Gasteiger partial charge in [-0.15, -0.1) is 0 Å². The summed E-state index contributed by atoms with van der Waals surface area (Å²) in [6.07, 6.45) is 2.03. The summed E-state index contributed by atoms with van der Waals surface area (Å²) in [5, 5.41) is 0. The van der Waals surface area contributed by atoms with Crippen molar-refractivity contribution in [2.24, 2.45) is 0 Å². The second-order valence-electron chi connectivity index (χ2n) is 3.79. The van der Waals surface area contributed by atoms with Gasteiger partial charge in [0, 0.05) is 11.8 Å². The van der Waals surface area contributed by atoms with Crippen LogP contribution >= 0.6 is 11.8 Å². The van der Waals surface area contributed by atoms with Crippen molar-refractivity contribution >= 4 is 23.5 Å². The second-order valence-corrected chi connectivity index (χ2v) is 4.70. The highest BCUT2D eigenvalue weighted by Crippen LogP contribution is 2.22. The van der Waals surface area contributed by atoms with Crippen LogP contribution in [0.15, 0.2) is 0 Å². The normalized spacial score (nSPS) is 12.5. The number of nitrogen functional groups attached to an aromatic ring is 1. The predicted molar refractivity (Wildman–Crippen MR) is 70.4 cm³/mol. The summed E-state index contributed by atoms with van der Waals surface area (Å²) >= 11 is 1.73. The summed E-state index contributed by atoms with van der Waals surface area (Å²) in [5.41, 5.74) is 6.18. The van der Waals surface area contributed by atoms with Crippen molar-refractivity contribution in [3.8, 4) is 0 Å². The Labute approximate surface area is 106 Å². The Balaban J connectivity index is 3.05. The fraction of sp³-hybridized carbons (Fsp3) is 0.636. The monoisotopic (exact) mass is 257 g/mol. The summed E-state index contributed by atoms with van der Waals surface area (Å²) in [6, 6.07) is 0.209. The summed E-state index contributed by atoms with van der Waals surface area (Å²) < 4.78 is 6.79. The van der Waals surface area contributed by atoms with Crippen LogP contribution in [0.3, 0.4) is 0 Å². The van der Waals surface area contributed by atoms with Gasteiger partial charge >= 0.3 is 5.97 Å². The molecule has 1 unspecified atom stereocenters. The number of nitrogens with two attached hydrogens (primary N) is 1. The highest BCUT2D eigenvalue weighted by Gasteiger charge is 2.21. The quantitative estimate of drug-likeness (QED) is 0.815. The summed E-state index contributed by atoms with van der Waals surface area (Å²) in [6.45, 7) is 5.98. The maximum atomic E-state index is 11.6. The van der Waals surface area contributed by atoms with Gasteiger partial charge in [0.15, 0.2) is 5.69 Å². The van der Waals surface area contributed by atoms with Crippen molar-refractivity contribution in [1.82, 2.24) is 9.55 Å². The van der Waals surface area contributed by atoms with Crippen molar-refractivity contribution in [2.75, 3.05) is 24.3 Å². The number of anilines is 1. The van der Waals surface area contributed by atoms with E-state index in [9.17, 15) is 4.79 Å². The molecule has 96 valence electrons. The molecule has 0 aliphatic rings. The van der Waals surface area contributed by atoms with Gasteiger partial charge in [0.1, 0.15) is 11.6 Å². The average Bonchev–Trinajstić information content (AvgIpc) is 2.55. The van der Waals surface area contributed by atoms with Crippen LogP contribution < -0.4 is 5.73 Å². The van der Waals surface area contributed by atoms with Gasteiger partial charge < -0.3 is 15.0 Å². The van der Waals surface area contributed by atoms with E-state index in [1.54, 1.807) is 18.7 Å². The number of hydrogen-bond donors (Lipinski definition) is 1. The van der Waals surface area contributed by atoms with E-state index < -0.39 is 5.97 Å². The molecule has 17 heavy (non-hydrogen) atoms. The maximum Gasteiger partial charge on any atom is 0.360 e. The number of ether oxygens (including phenoxy) is 1. The maximum absolute atomic E-state index is 11.6. The van der Waals surface area contributed by atoms with E-state index in [4.69, 9.17) is 10.5 Å². The third-order valence-electron chi connectivity index (χ3n) is 2.44. The highest BCUT2D eigenvalue weighted by molar-refractivity contribution is 7.98. The molecule has 1 aromatic heterocycles. The molecule has 0 bridgehead atoms. The molecule has 0 saturated carbocycles. The predicted octanol–water partition coefficient (Wildman–Crippen LogP) is 1.87. The molecule has 0 radical (unpaired) electrons. The number of carbonyl (C=O) groups is 1. The van der Waals surface area contributed by atoms with Gasteiger partial charge in [0.05, 0.1) is 6.61 Å². The molecular formula is C11H19N3O2S. The number of rotatable bonds is 5. The van der Waals surface area contributed by atoms with Gasteiger partial charge in [-0.3, -0.25) is 0 Å². The van der Waals surface area contributed by atoms with Crippen LogP contribution in [0, 0.1) is 6.92 Å². The second kappa shape index (κ2) is 5.95. The van der Waals surface area contributed by atoms with Crippen molar-refractivity contribution < 1.29 is 9.53 Å². The van der Waals surface area contributed by atoms with E-state index in [1.165, 1.54) is 0 Å². The molecule has 6 heteroatoms. The van der Waals surface area contributed by atoms with Crippen LogP contribution in [-0.4, -0.2) is 34.1 Å². The van der Waals surface area contributed by atoms with Crippen LogP contribution in [0.2, 0.25) is 0 Å². The zero-order valence-electron chi connectivity index (χ0n) is 10.7. The Kier molecular flexibility index (Phi) is 4.86. The van der Waals surface area contributed by atoms with Crippen LogP contribution in [-0.2, 0) is 4.74 Å².